The average molecular weight is 563 g/mol. The number of aromatic nitrogens is 1. The fourth-order valence-corrected chi connectivity index (χ4v) is 5.63. The first kappa shape index (κ1) is 29.0. The van der Waals surface area contributed by atoms with Crippen molar-refractivity contribution in [2.45, 2.75) is 59.9 Å². The van der Waals surface area contributed by atoms with Crippen LogP contribution in [-0.2, 0) is 9.59 Å². The van der Waals surface area contributed by atoms with Gasteiger partial charge >= 0.3 is 5.91 Å². The highest BCUT2D eigenvalue weighted by Crippen LogP contribution is 2.45. The molecule has 3 aromatic rings. The molecule has 2 heterocycles. The van der Waals surface area contributed by atoms with Crippen LogP contribution in [0, 0.1) is 13.8 Å². The van der Waals surface area contributed by atoms with Gasteiger partial charge in [0.25, 0.3) is 5.78 Å². The van der Waals surface area contributed by atoms with E-state index in [0.29, 0.717) is 46.4 Å². The van der Waals surface area contributed by atoms with Crippen LogP contribution in [0.3, 0.4) is 0 Å². The molecule has 9 heteroatoms. The van der Waals surface area contributed by atoms with Crippen LogP contribution in [0.25, 0.3) is 5.76 Å². The van der Waals surface area contributed by atoms with Gasteiger partial charge < -0.3 is 14.6 Å². The highest BCUT2D eigenvalue weighted by atomic mass is 32.1. The third-order valence-corrected chi connectivity index (χ3v) is 7.93. The van der Waals surface area contributed by atoms with Crippen molar-refractivity contribution in [1.82, 2.24) is 4.98 Å². The zero-order valence-corrected chi connectivity index (χ0v) is 24.3. The molecule has 2 aromatic carbocycles. The number of Topliss-reactive ketones (excluding diaryl/α,β-unsaturated/α-hetero) is 2. The van der Waals surface area contributed by atoms with E-state index < -0.39 is 17.7 Å². The molecule has 0 spiro atoms. The number of rotatable bonds is 11. The zero-order chi connectivity index (χ0) is 29.0. The minimum absolute atomic E-state index is 0.0647. The standard InChI is InChI=1S/C31H34N2O6S/c1-6-8-9-16-39-23-15-14-22(17-24(23)38-7-2)26-25(27(35)21-12-10-18(3)11-13-21)28(36)30(37)33(26)31-32-19(4)29(40-31)20(5)34/h10-15,17,26,35H,6-9,16H2,1-5H3/b27-25+. The molecule has 1 amide bonds. The molecular weight excluding hydrogens is 528 g/mol. The number of hydrogen-bond donors (Lipinski definition) is 1. The van der Waals surface area contributed by atoms with E-state index in [4.69, 9.17) is 9.47 Å². The molecule has 1 aliphatic heterocycles. The number of ketones is 2. The van der Waals surface area contributed by atoms with E-state index in [0.717, 1.165) is 36.2 Å². The second-order valence-corrected chi connectivity index (χ2v) is 10.7. The molecule has 1 unspecified atom stereocenters. The number of aryl methyl sites for hydroxylation is 2. The van der Waals surface area contributed by atoms with Gasteiger partial charge in [-0.15, -0.1) is 0 Å². The molecule has 1 aliphatic rings. The van der Waals surface area contributed by atoms with Crippen molar-refractivity contribution in [2.75, 3.05) is 18.1 Å². The van der Waals surface area contributed by atoms with Crippen molar-refractivity contribution in [1.29, 1.82) is 0 Å². The predicted octanol–water partition coefficient (Wildman–Crippen LogP) is 6.56. The van der Waals surface area contributed by atoms with Crippen LogP contribution in [0.1, 0.15) is 78.1 Å². The van der Waals surface area contributed by atoms with Gasteiger partial charge in [0.1, 0.15) is 5.76 Å². The molecule has 1 aromatic heterocycles. The summed E-state index contributed by atoms with van der Waals surface area (Å²) in [5.41, 5.74) is 2.34. The maximum absolute atomic E-state index is 13.5. The summed E-state index contributed by atoms with van der Waals surface area (Å²) in [4.78, 5) is 45.3. The lowest BCUT2D eigenvalue weighted by atomic mass is 9.95. The average Bonchev–Trinajstić information content (AvgIpc) is 3.44. The molecule has 4 rings (SSSR count). The second kappa shape index (κ2) is 12.5. The van der Waals surface area contributed by atoms with Gasteiger partial charge in [0.2, 0.25) is 0 Å². The number of nitrogens with zero attached hydrogens (tertiary/aromatic N) is 2. The van der Waals surface area contributed by atoms with Crippen LogP contribution in [0.2, 0.25) is 0 Å². The summed E-state index contributed by atoms with van der Waals surface area (Å²) in [6, 6.07) is 11.3. The summed E-state index contributed by atoms with van der Waals surface area (Å²) in [6.45, 7) is 9.93. The molecule has 210 valence electrons. The fraction of sp³-hybridized carbons (Fsp3) is 0.355. The molecule has 0 bridgehead atoms. The van der Waals surface area contributed by atoms with Gasteiger partial charge in [-0.25, -0.2) is 4.98 Å². The van der Waals surface area contributed by atoms with E-state index in [9.17, 15) is 19.5 Å². The number of aliphatic hydroxyl groups excluding tert-OH is 1. The van der Waals surface area contributed by atoms with Crippen molar-refractivity contribution < 1.29 is 29.0 Å². The van der Waals surface area contributed by atoms with Gasteiger partial charge in [-0.3, -0.25) is 19.3 Å². The number of ether oxygens (including phenoxy) is 2. The molecule has 1 atom stereocenters. The van der Waals surface area contributed by atoms with E-state index in [-0.39, 0.29) is 22.2 Å². The maximum atomic E-state index is 13.5. The maximum Gasteiger partial charge on any atom is 0.301 e. The summed E-state index contributed by atoms with van der Waals surface area (Å²) >= 11 is 1.05. The molecular formula is C31H34N2O6S. The summed E-state index contributed by atoms with van der Waals surface area (Å²) in [5, 5.41) is 11.6. The monoisotopic (exact) mass is 562 g/mol. The van der Waals surface area contributed by atoms with Crippen molar-refractivity contribution in [3.8, 4) is 11.5 Å². The predicted molar refractivity (Wildman–Crippen MR) is 155 cm³/mol. The number of amides is 1. The number of anilines is 1. The van der Waals surface area contributed by atoms with Crippen LogP contribution in [0.5, 0.6) is 11.5 Å². The van der Waals surface area contributed by atoms with Crippen LogP contribution in [0.4, 0.5) is 5.13 Å². The third kappa shape index (κ3) is 5.79. The van der Waals surface area contributed by atoms with Crippen LogP contribution < -0.4 is 14.4 Å². The Morgan fingerprint density at radius 2 is 1.75 bits per heavy atom. The van der Waals surface area contributed by atoms with Crippen molar-refractivity contribution in [3.63, 3.8) is 0 Å². The zero-order valence-electron chi connectivity index (χ0n) is 23.4. The Hall–Kier alpha value is -3.98. The summed E-state index contributed by atoms with van der Waals surface area (Å²) in [5.74, 6) is -1.11. The molecule has 0 aliphatic carbocycles. The lowest BCUT2D eigenvalue weighted by Crippen LogP contribution is -2.29. The first-order chi connectivity index (χ1) is 19.2. The van der Waals surface area contributed by atoms with E-state index in [1.165, 1.54) is 11.8 Å². The number of unbranched alkanes of at least 4 members (excludes halogenated alkanes) is 2. The topological polar surface area (TPSA) is 106 Å². The Morgan fingerprint density at radius 3 is 2.38 bits per heavy atom. The number of benzene rings is 2. The van der Waals surface area contributed by atoms with Gasteiger partial charge in [0.05, 0.1) is 35.4 Å². The Bertz CT molecular complexity index is 1460. The first-order valence-electron chi connectivity index (χ1n) is 13.4. The number of carbonyl (C=O) groups excluding carboxylic acids is 3. The van der Waals surface area contributed by atoms with Gasteiger partial charge in [0, 0.05) is 12.5 Å². The van der Waals surface area contributed by atoms with Crippen LogP contribution >= 0.6 is 11.3 Å². The third-order valence-electron chi connectivity index (χ3n) is 6.67. The van der Waals surface area contributed by atoms with E-state index in [2.05, 4.69) is 11.9 Å². The number of aliphatic hydroxyl groups is 1. The van der Waals surface area contributed by atoms with Gasteiger partial charge in [-0.2, -0.15) is 0 Å². The fourth-order valence-electron chi connectivity index (χ4n) is 4.64. The lowest BCUT2D eigenvalue weighted by Gasteiger charge is -2.24. The first-order valence-corrected chi connectivity index (χ1v) is 14.2. The molecule has 1 saturated heterocycles. The van der Waals surface area contributed by atoms with E-state index in [1.54, 1.807) is 37.3 Å². The Balaban J connectivity index is 1.88. The minimum atomic E-state index is -1.000. The summed E-state index contributed by atoms with van der Waals surface area (Å²) in [7, 11) is 0. The Labute approximate surface area is 238 Å². The Morgan fingerprint density at radius 1 is 1.02 bits per heavy atom. The van der Waals surface area contributed by atoms with Crippen LogP contribution in [-0.4, -0.2) is 40.8 Å². The van der Waals surface area contributed by atoms with Crippen molar-refractivity contribution in [2.24, 2.45) is 0 Å². The SMILES string of the molecule is CCCCCOc1ccc(C2/C(=C(\O)c3ccc(C)cc3)C(=O)C(=O)N2c2nc(C)c(C(C)=O)s2)cc1OCC. The number of thiazole rings is 1. The molecule has 0 saturated carbocycles. The molecule has 8 nitrogen and oxygen atoms in total. The van der Waals surface area contributed by atoms with Gasteiger partial charge in [0.15, 0.2) is 22.4 Å². The minimum Gasteiger partial charge on any atom is -0.507 e. The largest absolute Gasteiger partial charge is 0.507 e. The quantitative estimate of drug-likeness (QED) is 0.0928. The highest BCUT2D eigenvalue weighted by Gasteiger charge is 2.48. The molecule has 0 radical (unpaired) electrons. The molecule has 1 fully saturated rings. The van der Waals surface area contributed by atoms with Crippen molar-refractivity contribution in [3.05, 3.63) is 75.3 Å². The van der Waals surface area contributed by atoms with E-state index in [1.807, 2.05) is 26.0 Å². The van der Waals surface area contributed by atoms with Crippen molar-refractivity contribution >= 4 is 39.7 Å². The Kier molecular flexibility index (Phi) is 9.04. The molecule has 40 heavy (non-hydrogen) atoms. The second-order valence-electron chi connectivity index (χ2n) is 9.70. The highest BCUT2D eigenvalue weighted by molar-refractivity contribution is 7.18. The molecule has 1 N–H and O–H groups in total. The lowest BCUT2D eigenvalue weighted by molar-refractivity contribution is -0.132. The number of carbonyl (C=O) groups is 3. The number of hydrogen-bond acceptors (Lipinski definition) is 8. The van der Waals surface area contributed by atoms with Gasteiger partial charge in [-0.1, -0.05) is 67.0 Å². The van der Waals surface area contributed by atoms with Gasteiger partial charge in [-0.05, 0) is 44.9 Å². The van der Waals surface area contributed by atoms with E-state index >= 15 is 0 Å². The van der Waals surface area contributed by atoms with Crippen LogP contribution in [0.15, 0.2) is 48.0 Å². The summed E-state index contributed by atoms with van der Waals surface area (Å²) in [6.07, 6.45) is 3.02. The smallest absolute Gasteiger partial charge is 0.301 e. The normalized spacial score (nSPS) is 16.4. The summed E-state index contributed by atoms with van der Waals surface area (Å²) < 4.78 is 11.9.